The van der Waals surface area contributed by atoms with Crippen molar-refractivity contribution >= 4 is 35.3 Å². The van der Waals surface area contributed by atoms with Gasteiger partial charge in [-0.15, -0.1) is 0 Å². The Hall–Kier alpha value is -2.01. The molecule has 0 heterocycles. The Kier molecular flexibility index (Phi) is 4.94. The van der Waals surface area contributed by atoms with Crippen molar-refractivity contribution in [2.45, 2.75) is 13.3 Å². The predicted octanol–water partition coefficient (Wildman–Crippen LogP) is 2.50. The second-order valence-electron chi connectivity index (χ2n) is 4.20. The lowest BCUT2D eigenvalue weighted by atomic mass is 9.99. The highest BCUT2D eigenvalue weighted by Gasteiger charge is 2.25. The molecule has 102 valence electrons. The fourth-order valence-corrected chi connectivity index (χ4v) is 1.77. The van der Waals surface area contributed by atoms with E-state index >= 15 is 0 Å². The summed E-state index contributed by atoms with van der Waals surface area (Å²) in [5.41, 5.74) is 7.38. The zero-order valence-corrected chi connectivity index (χ0v) is 11.0. The first-order valence-corrected chi connectivity index (χ1v) is 5.87. The molecule has 0 aliphatic rings. The van der Waals surface area contributed by atoms with E-state index in [9.17, 15) is 9.59 Å². The van der Waals surface area contributed by atoms with Crippen LogP contribution in [-0.4, -0.2) is 22.2 Å². The quantitative estimate of drug-likeness (QED) is 0.569. The molecule has 0 atom stereocenters. The second-order valence-corrected chi connectivity index (χ2v) is 4.61. The number of nitrogens with two attached hydrogens (primary N) is 1. The van der Waals surface area contributed by atoms with E-state index in [2.05, 4.69) is 0 Å². The monoisotopic (exact) mass is 283 g/mol. The van der Waals surface area contributed by atoms with E-state index in [1.54, 1.807) is 31.2 Å². The summed E-state index contributed by atoms with van der Waals surface area (Å²) >= 11 is 5.97. The van der Waals surface area contributed by atoms with E-state index in [1.165, 1.54) is 0 Å². The average molecular weight is 284 g/mol. The number of hydrogen-bond acceptors (Lipinski definition) is 3. The van der Waals surface area contributed by atoms with E-state index < -0.39 is 17.9 Å². The molecule has 0 aromatic heterocycles. The van der Waals surface area contributed by atoms with Crippen molar-refractivity contribution in [1.29, 1.82) is 0 Å². The van der Waals surface area contributed by atoms with Crippen LogP contribution in [0.2, 0.25) is 5.02 Å². The predicted molar refractivity (Wildman–Crippen MR) is 72.9 cm³/mol. The maximum atomic E-state index is 10.8. The van der Waals surface area contributed by atoms with Crippen LogP contribution in [0.5, 0.6) is 0 Å². The van der Waals surface area contributed by atoms with Crippen molar-refractivity contribution in [1.82, 2.24) is 0 Å². The number of rotatable bonds is 5. The molecule has 0 aliphatic heterocycles. The molecule has 5 nitrogen and oxygen atoms in total. The number of carboxylic acids is 2. The number of benzene rings is 1. The highest BCUT2D eigenvalue weighted by atomic mass is 35.5. The molecule has 1 aromatic carbocycles. The Morgan fingerprint density at radius 3 is 2.47 bits per heavy atom. The molecule has 6 heteroatoms. The fraction of sp³-hybridized carbons (Fsp3) is 0.231. The van der Waals surface area contributed by atoms with Crippen molar-refractivity contribution in [2.75, 3.05) is 5.73 Å². The lowest BCUT2D eigenvalue weighted by Crippen LogP contribution is -2.23. The molecule has 0 fully saturated rings. The third kappa shape index (κ3) is 4.30. The first-order valence-electron chi connectivity index (χ1n) is 5.49. The van der Waals surface area contributed by atoms with E-state index in [0.29, 0.717) is 21.8 Å². The van der Waals surface area contributed by atoms with Crippen LogP contribution < -0.4 is 5.73 Å². The minimum absolute atomic E-state index is 0.0875. The Morgan fingerprint density at radius 2 is 1.95 bits per heavy atom. The van der Waals surface area contributed by atoms with Crippen molar-refractivity contribution in [3.8, 4) is 0 Å². The number of anilines is 1. The molecule has 4 N–H and O–H groups in total. The Labute approximate surface area is 115 Å². The highest BCUT2D eigenvalue weighted by Crippen LogP contribution is 2.23. The summed E-state index contributed by atoms with van der Waals surface area (Å²) < 4.78 is 0. The van der Waals surface area contributed by atoms with Gasteiger partial charge in [0, 0.05) is 10.7 Å². The van der Waals surface area contributed by atoms with Gasteiger partial charge < -0.3 is 15.9 Å². The number of carboxylic acid groups (broad SMARTS) is 2. The van der Waals surface area contributed by atoms with Gasteiger partial charge in [0.15, 0.2) is 5.92 Å². The van der Waals surface area contributed by atoms with Crippen LogP contribution in [0.4, 0.5) is 5.69 Å². The Bertz CT molecular complexity index is 525. The number of aliphatic carboxylic acids is 2. The van der Waals surface area contributed by atoms with Crippen LogP contribution in [0.25, 0.3) is 6.08 Å². The van der Waals surface area contributed by atoms with Gasteiger partial charge in [-0.05, 0) is 37.1 Å². The summed E-state index contributed by atoms with van der Waals surface area (Å²) in [6.45, 7) is 1.65. The number of allylic oxidation sites excluding steroid dienone is 1. The average Bonchev–Trinajstić information content (AvgIpc) is 2.30. The van der Waals surface area contributed by atoms with Gasteiger partial charge in [0.25, 0.3) is 0 Å². The molecule has 19 heavy (non-hydrogen) atoms. The molecule has 0 unspecified atom stereocenters. The van der Waals surface area contributed by atoms with Crippen LogP contribution in [0.1, 0.15) is 18.9 Å². The maximum absolute atomic E-state index is 10.8. The van der Waals surface area contributed by atoms with E-state index in [-0.39, 0.29) is 6.42 Å². The molecular formula is C13H14ClNO4. The third-order valence-corrected chi connectivity index (χ3v) is 2.89. The van der Waals surface area contributed by atoms with Crippen molar-refractivity contribution in [3.63, 3.8) is 0 Å². The van der Waals surface area contributed by atoms with Gasteiger partial charge >= 0.3 is 11.9 Å². The maximum Gasteiger partial charge on any atom is 0.318 e. The number of halogens is 1. The smallest absolute Gasteiger partial charge is 0.318 e. The summed E-state index contributed by atoms with van der Waals surface area (Å²) in [6, 6.07) is 4.91. The highest BCUT2D eigenvalue weighted by molar-refractivity contribution is 6.32. The molecular weight excluding hydrogens is 270 g/mol. The lowest BCUT2D eigenvalue weighted by molar-refractivity contribution is -0.154. The molecule has 0 bridgehead atoms. The SMILES string of the molecule is CC(=Cc1cc(N)ccc1Cl)CC(C(=O)O)C(=O)O. The zero-order chi connectivity index (χ0) is 14.6. The van der Waals surface area contributed by atoms with Crippen molar-refractivity contribution < 1.29 is 19.8 Å². The van der Waals surface area contributed by atoms with E-state index in [4.69, 9.17) is 27.5 Å². The third-order valence-electron chi connectivity index (χ3n) is 2.54. The number of hydrogen-bond donors (Lipinski definition) is 3. The summed E-state index contributed by atoms with van der Waals surface area (Å²) in [4.78, 5) is 21.6. The molecule has 0 aliphatic carbocycles. The summed E-state index contributed by atoms with van der Waals surface area (Å²) in [5.74, 6) is -4.19. The van der Waals surface area contributed by atoms with Crippen LogP contribution >= 0.6 is 11.6 Å². The summed E-state index contributed by atoms with van der Waals surface area (Å²) in [6.07, 6.45) is 1.55. The molecule has 1 rings (SSSR count). The van der Waals surface area contributed by atoms with E-state index in [1.807, 2.05) is 0 Å². The molecule has 0 amide bonds. The molecule has 0 saturated carbocycles. The van der Waals surface area contributed by atoms with Crippen molar-refractivity contribution in [2.24, 2.45) is 5.92 Å². The molecule has 0 saturated heterocycles. The molecule has 1 aromatic rings. The zero-order valence-electron chi connectivity index (χ0n) is 10.3. The summed E-state index contributed by atoms with van der Waals surface area (Å²) in [7, 11) is 0. The van der Waals surface area contributed by atoms with Gasteiger partial charge in [-0.1, -0.05) is 23.3 Å². The van der Waals surface area contributed by atoms with Gasteiger partial charge in [0.1, 0.15) is 0 Å². The Balaban J connectivity index is 2.96. The van der Waals surface area contributed by atoms with Crippen LogP contribution in [0.3, 0.4) is 0 Å². The van der Waals surface area contributed by atoms with Gasteiger partial charge in [-0.25, -0.2) is 0 Å². The van der Waals surface area contributed by atoms with Gasteiger partial charge in [0.2, 0.25) is 0 Å². The van der Waals surface area contributed by atoms with Gasteiger partial charge in [-0.3, -0.25) is 9.59 Å². The van der Waals surface area contributed by atoms with Gasteiger partial charge in [0.05, 0.1) is 0 Å². The van der Waals surface area contributed by atoms with Crippen LogP contribution in [0, 0.1) is 5.92 Å². The Morgan fingerprint density at radius 1 is 1.37 bits per heavy atom. The number of nitrogen functional groups attached to an aromatic ring is 1. The lowest BCUT2D eigenvalue weighted by Gasteiger charge is -2.08. The second kappa shape index (κ2) is 6.24. The van der Waals surface area contributed by atoms with Gasteiger partial charge in [-0.2, -0.15) is 0 Å². The molecule has 0 radical (unpaired) electrons. The minimum Gasteiger partial charge on any atom is -0.481 e. The van der Waals surface area contributed by atoms with E-state index in [0.717, 1.165) is 0 Å². The normalized spacial score (nSPS) is 11.6. The standard InChI is InChI=1S/C13H14ClNO4/c1-7(5-10(12(16)17)13(18)19)4-8-6-9(15)2-3-11(8)14/h2-4,6,10H,5,15H2,1H3,(H,16,17)(H,18,19). The van der Waals surface area contributed by atoms with Crippen molar-refractivity contribution in [3.05, 3.63) is 34.4 Å². The first-order chi connectivity index (χ1) is 8.81. The van der Waals surface area contributed by atoms with Crippen LogP contribution in [0.15, 0.2) is 23.8 Å². The van der Waals surface area contributed by atoms with Crippen LogP contribution in [-0.2, 0) is 9.59 Å². The number of carbonyl (C=O) groups is 2. The molecule has 0 spiro atoms. The minimum atomic E-state index is -1.46. The largest absolute Gasteiger partial charge is 0.481 e. The fourth-order valence-electron chi connectivity index (χ4n) is 1.60. The first kappa shape index (κ1) is 15.0. The summed E-state index contributed by atoms with van der Waals surface area (Å²) in [5, 5.41) is 18.1. The topological polar surface area (TPSA) is 101 Å².